The maximum Gasteiger partial charge on any atom is 0.221 e. The number of aliphatic hydroxyl groups excluding tert-OH is 1. The quantitative estimate of drug-likeness (QED) is 0.731. The van der Waals surface area contributed by atoms with E-state index in [1.807, 2.05) is 26.1 Å². The van der Waals surface area contributed by atoms with E-state index in [2.05, 4.69) is 10.4 Å². The maximum atomic E-state index is 11.7. The molecule has 0 fully saturated rings. The molecule has 1 aromatic rings. The topological polar surface area (TPSA) is 67.2 Å². The lowest BCUT2D eigenvalue weighted by Gasteiger charge is -2.29. The Labute approximate surface area is 108 Å². The van der Waals surface area contributed by atoms with Gasteiger partial charge in [0.15, 0.2) is 0 Å². The molecule has 0 aliphatic rings. The molecule has 0 aliphatic heterocycles. The van der Waals surface area contributed by atoms with Crippen LogP contribution in [-0.4, -0.2) is 33.9 Å². The molecule has 2 N–H and O–H groups in total. The first-order valence-corrected chi connectivity index (χ1v) is 6.51. The molecule has 0 atom stereocenters. The number of hydrogen-bond acceptors (Lipinski definition) is 3. The molecule has 0 aromatic carbocycles. The number of amides is 1. The third-order valence-electron chi connectivity index (χ3n) is 3.62. The van der Waals surface area contributed by atoms with E-state index in [-0.39, 0.29) is 17.9 Å². The lowest BCUT2D eigenvalue weighted by molar-refractivity contribution is -0.122. The molecule has 5 heteroatoms. The van der Waals surface area contributed by atoms with Crippen LogP contribution in [0.5, 0.6) is 0 Å². The van der Waals surface area contributed by atoms with Crippen molar-refractivity contribution < 1.29 is 9.90 Å². The Morgan fingerprint density at radius 2 is 2.17 bits per heavy atom. The van der Waals surface area contributed by atoms with Gasteiger partial charge in [0.2, 0.25) is 5.91 Å². The Morgan fingerprint density at radius 1 is 1.44 bits per heavy atom. The van der Waals surface area contributed by atoms with Crippen molar-refractivity contribution >= 4 is 5.91 Å². The Bertz CT molecular complexity index is 337. The summed E-state index contributed by atoms with van der Waals surface area (Å²) in [5, 5.41) is 16.3. The Kier molecular flexibility index (Phi) is 5.85. The minimum Gasteiger partial charge on any atom is -0.396 e. The van der Waals surface area contributed by atoms with Crippen molar-refractivity contribution in [3.05, 3.63) is 18.5 Å². The molecule has 1 aromatic heterocycles. The van der Waals surface area contributed by atoms with Crippen molar-refractivity contribution in [3.8, 4) is 0 Å². The van der Waals surface area contributed by atoms with E-state index < -0.39 is 0 Å². The van der Waals surface area contributed by atoms with Crippen LogP contribution in [0.15, 0.2) is 18.5 Å². The smallest absolute Gasteiger partial charge is 0.221 e. The zero-order valence-corrected chi connectivity index (χ0v) is 11.2. The standard InChI is InChI=1S/C13H23N3O2/c1-3-13(4-2,11-17)10-14-12(18)6-9-16-8-5-7-15-16/h5,7-8,17H,3-4,6,9-11H2,1-2H3,(H,14,18). The zero-order valence-electron chi connectivity index (χ0n) is 11.2. The van der Waals surface area contributed by atoms with Gasteiger partial charge in [0, 0.05) is 37.3 Å². The lowest BCUT2D eigenvalue weighted by atomic mass is 9.83. The summed E-state index contributed by atoms with van der Waals surface area (Å²) in [6, 6.07) is 1.84. The highest BCUT2D eigenvalue weighted by atomic mass is 16.3. The Balaban J connectivity index is 2.32. The average Bonchev–Trinajstić information content (AvgIpc) is 2.92. The summed E-state index contributed by atoms with van der Waals surface area (Å²) in [5.41, 5.74) is -0.179. The first-order valence-electron chi connectivity index (χ1n) is 6.51. The van der Waals surface area contributed by atoms with Gasteiger partial charge in [-0.1, -0.05) is 13.8 Å². The second kappa shape index (κ2) is 7.16. The molecule has 0 unspecified atom stereocenters. The number of nitrogens with zero attached hydrogens (tertiary/aromatic N) is 2. The predicted octanol–water partition coefficient (Wildman–Crippen LogP) is 1.19. The van der Waals surface area contributed by atoms with E-state index >= 15 is 0 Å². The molecule has 1 heterocycles. The highest BCUT2D eigenvalue weighted by molar-refractivity contribution is 5.75. The highest BCUT2D eigenvalue weighted by Crippen LogP contribution is 2.24. The van der Waals surface area contributed by atoms with Crippen LogP contribution in [0.1, 0.15) is 33.1 Å². The van der Waals surface area contributed by atoms with Gasteiger partial charge in [-0.2, -0.15) is 5.10 Å². The number of aromatic nitrogens is 2. The fourth-order valence-corrected chi connectivity index (χ4v) is 1.80. The van der Waals surface area contributed by atoms with Crippen LogP contribution in [0.3, 0.4) is 0 Å². The second-order valence-electron chi connectivity index (χ2n) is 4.66. The van der Waals surface area contributed by atoms with Crippen LogP contribution in [0.25, 0.3) is 0 Å². The van der Waals surface area contributed by atoms with E-state index in [4.69, 9.17) is 0 Å². The number of hydrogen-bond donors (Lipinski definition) is 2. The summed E-state index contributed by atoms with van der Waals surface area (Å²) in [7, 11) is 0. The minimum atomic E-state index is -0.179. The zero-order chi connectivity index (χ0) is 13.4. The molecule has 18 heavy (non-hydrogen) atoms. The Hall–Kier alpha value is -1.36. The summed E-state index contributed by atoms with van der Waals surface area (Å²) in [6.07, 6.45) is 5.67. The number of aliphatic hydroxyl groups is 1. The molecule has 0 saturated carbocycles. The molecule has 0 bridgehead atoms. The van der Waals surface area contributed by atoms with Gasteiger partial charge in [0.1, 0.15) is 0 Å². The summed E-state index contributed by atoms with van der Waals surface area (Å²) in [5.74, 6) is 0.00484. The molecular formula is C13H23N3O2. The SMILES string of the molecule is CCC(CC)(CO)CNC(=O)CCn1cccn1. The molecule has 0 radical (unpaired) electrons. The lowest BCUT2D eigenvalue weighted by Crippen LogP contribution is -2.39. The summed E-state index contributed by atoms with van der Waals surface area (Å²) < 4.78 is 1.73. The van der Waals surface area contributed by atoms with E-state index in [1.54, 1.807) is 10.9 Å². The van der Waals surface area contributed by atoms with Gasteiger partial charge in [0.25, 0.3) is 0 Å². The molecule has 1 amide bonds. The fraction of sp³-hybridized carbons (Fsp3) is 0.692. The number of carbonyl (C=O) groups is 1. The molecule has 5 nitrogen and oxygen atoms in total. The molecule has 0 aliphatic carbocycles. The third-order valence-corrected chi connectivity index (χ3v) is 3.62. The van der Waals surface area contributed by atoms with E-state index in [9.17, 15) is 9.90 Å². The largest absolute Gasteiger partial charge is 0.396 e. The normalized spacial score (nSPS) is 11.5. The third kappa shape index (κ3) is 4.14. The van der Waals surface area contributed by atoms with Gasteiger partial charge in [-0.3, -0.25) is 9.48 Å². The molecular weight excluding hydrogens is 230 g/mol. The van der Waals surface area contributed by atoms with Crippen molar-refractivity contribution in [2.24, 2.45) is 5.41 Å². The van der Waals surface area contributed by atoms with Gasteiger partial charge in [-0.05, 0) is 18.9 Å². The van der Waals surface area contributed by atoms with Crippen LogP contribution in [0.2, 0.25) is 0 Å². The maximum absolute atomic E-state index is 11.7. The van der Waals surface area contributed by atoms with Crippen molar-refractivity contribution in [2.75, 3.05) is 13.2 Å². The first kappa shape index (κ1) is 14.7. The Morgan fingerprint density at radius 3 is 2.67 bits per heavy atom. The van der Waals surface area contributed by atoms with E-state index in [0.29, 0.717) is 19.5 Å². The summed E-state index contributed by atoms with van der Waals surface area (Å²) in [6.45, 7) is 5.31. The fourth-order valence-electron chi connectivity index (χ4n) is 1.80. The van der Waals surface area contributed by atoms with Gasteiger partial charge in [-0.25, -0.2) is 0 Å². The van der Waals surface area contributed by atoms with Crippen LogP contribution in [-0.2, 0) is 11.3 Å². The molecule has 1 rings (SSSR count). The molecule has 0 saturated heterocycles. The van der Waals surface area contributed by atoms with Gasteiger partial charge in [-0.15, -0.1) is 0 Å². The number of carbonyl (C=O) groups excluding carboxylic acids is 1. The monoisotopic (exact) mass is 253 g/mol. The number of aryl methyl sites for hydroxylation is 1. The second-order valence-corrected chi connectivity index (χ2v) is 4.66. The average molecular weight is 253 g/mol. The van der Waals surface area contributed by atoms with Gasteiger partial charge < -0.3 is 10.4 Å². The van der Waals surface area contributed by atoms with E-state index in [1.165, 1.54) is 0 Å². The van der Waals surface area contributed by atoms with Crippen LogP contribution in [0.4, 0.5) is 0 Å². The van der Waals surface area contributed by atoms with Crippen molar-refractivity contribution in [1.29, 1.82) is 0 Å². The highest BCUT2D eigenvalue weighted by Gasteiger charge is 2.25. The van der Waals surface area contributed by atoms with Crippen molar-refractivity contribution in [2.45, 2.75) is 39.7 Å². The van der Waals surface area contributed by atoms with Crippen LogP contribution >= 0.6 is 0 Å². The van der Waals surface area contributed by atoms with Crippen LogP contribution in [0, 0.1) is 5.41 Å². The van der Waals surface area contributed by atoms with Crippen molar-refractivity contribution in [3.63, 3.8) is 0 Å². The number of nitrogens with one attached hydrogen (secondary N) is 1. The van der Waals surface area contributed by atoms with Crippen molar-refractivity contribution in [1.82, 2.24) is 15.1 Å². The molecule has 0 spiro atoms. The van der Waals surface area contributed by atoms with Crippen LogP contribution < -0.4 is 5.32 Å². The summed E-state index contributed by atoms with van der Waals surface area (Å²) >= 11 is 0. The van der Waals surface area contributed by atoms with Gasteiger partial charge >= 0.3 is 0 Å². The van der Waals surface area contributed by atoms with E-state index in [0.717, 1.165) is 12.8 Å². The minimum absolute atomic E-state index is 0.00484. The van der Waals surface area contributed by atoms with Gasteiger partial charge in [0.05, 0.1) is 6.61 Å². The predicted molar refractivity (Wildman–Crippen MR) is 70.0 cm³/mol. The molecule has 102 valence electrons. The summed E-state index contributed by atoms with van der Waals surface area (Å²) in [4.78, 5) is 11.7. The first-order chi connectivity index (χ1) is 8.65. The number of rotatable bonds is 8.